The molecule has 0 bridgehead atoms. The van der Waals surface area contributed by atoms with Gasteiger partial charge in [-0.15, -0.1) is 0 Å². The molecule has 0 fully saturated rings. The topological polar surface area (TPSA) is 102 Å². The first-order chi connectivity index (χ1) is 18.9. The van der Waals surface area contributed by atoms with E-state index in [0.29, 0.717) is 45.6 Å². The van der Waals surface area contributed by atoms with Crippen LogP contribution in [0.2, 0.25) is 0 Å². The van der Waals surface area contributed by atoms with Crippen molar-refractivity contribution >= 4 is 60.9 Å². The first-order valence-electron chi connectivity index (χ1n) is 12.9. The minimum atomic E-state index is -0.359. The fourth-order valence-electron chi connectivity index (χ4n) is 5.38. The normalized spacial score (nSPS) is 14.1. The van der Waals surface area contributed by atoms with E-state index in [4.69, 9.17) is 4.42 Å². The highest BCUT2D eigenvalue weighted by molar-refractivity contribution is 9.10. The average Bonchev–Trinajstić information content (AvgIpc) is 3.46. The number of aromatic nitrogens is 2. The number of pyridine rings is 1. The minimum absolute atomic E-state index is 0.258. The maximum Gasteiger partial charge on any atom is 0.291 e. The van der Waals surface area contributed by atoms with Gasteiger partial charge in [0.2, 0.25) is 0 Å². The summed E-state index contributed by atoms with van der Waals surface area (Å²) in [5.74, 6) is 0.294. The number of nitrogens with one attached hydrogen (secondary N) is 2. The van der Waals surface area contributed by atoms with Crippen LogP contribution in [-0.2, 0) is 13.0 Å². The lowest BCUT2D eigenvalue weighted by atomic mass is 9.93. The highest BCUT2D eigenvalue weighted by atomic mass is 79.9. The van der Waals surface area contributed by atoms with Crippen LogP contribution in [0.5, 0.6) is 0 Å². The molecule has 1 aliphatic rings. The van der Waals surface area contributed by atoms with Crippen LogP contribution in [0.4, 0.5) is 5.69 Å². The monoisotopic (exact) mass is 583 g/mol. The molecule has 8 nitrogen and oxygen atoms in total. The van der Waals surface area contributed by atoms with Crippen molar-refractivity contribution in [2.75, 3.05) is 5.32 Å². The number of aryl methyl sites for hydroxylation is 2. The van der Waals surface area contributed by atoms with Crippen LogP contribution in [0.25, 0.3) is 21.8 Å². The summed E-state index contributed by atoms with van der Waals surface area (Å²) in [6.07, 6.45) is 5.28. The molecule has 1 aliphatic carbocycles. The Kier molecular flexibility index (Phi) is 6.52. The molecule has 2 amide bonds. The van der Waals surface area contributed by atoms with Crippen LogP contribution in [-0.4, -0.2) is 27.1 Å². The van der Waals surface area contributed by atoms with Gasteiger partial charge in [-0.1, -0.05) is 18.2 Å². The Morgan fingerprint density at radius 2 is 1.87 bits per heavy atom. The molecule has 3 aromatic heterocycles. The van der Waals surface area contributed by atoms with E-state index in [2.05, 4.69) is 60.4 Å². The summed E-state index contributed by atoms with van der Waals surface area (Å²) in [4.78, 5) is 30.0. The highest BCUT2D eigenvalue weighted by Gasteiger charge is 2.28. The summed E-state index contributed by atoms with van der Waals surface area (Å²) in [6.45, 7) is 4.84. The summed E-state index contributed by atoms with van der Waals surface area (Å²) < 4.78 is 9.04. The molecule has 2 N–H and O–H groups in total. The maximum absolute atomic E-state index is 13.4. The van der Waals surface area contributed by atoms with Gasteiger partial charge in [-0.05, 0) is 73.0 Å². The molecular weight excluding hydrogens is 558 g/mol. The zero-order chi connectivity index (χ0) is 27.1. The predicted molar refractivity (Wildman–Crippen MR) is 155 cm³/mol. The number of para-hydroxylation sites is 1. The molecule has 9 heteroatoms. The molecule has 6 rings (SSSR count). The van der Waals surface area contributed by atoms with Crippen LogP contribution in [0.1, 0.15) is 57.6 Å². The van der Waals surface area contributed by atoms with Gasteiger partial charge in [-0.25, -0.2) is 5.43 Å². The zero-order valence-corrected chi connectivity index (χ0v) is 23.1. The number of hydrogen-bond donors (Lipinski definition) is 2. The summed E-state index contributed by atoms with van der Waals surface area (Å²) in [6, 6.07) is 15.9. The molecule has 0 spiro atoms. The van der Waals surface area contributed by atoms with Crippen molar-refractivity contribution in [1.82, 2.24) is 15.0 Å². The average molecular weight is 584 g/mol. The number of benzene rings is 2. The summed E-state index contributed by atoms with van der Waals surface area (Å²) in [7, 11) is 0. The third kappa shape index (κ3) is 4.52. The van der Waals surface area contributed by atoms with Gasteiger partial charge in [-0.3, -0.25) is 14.6 Å². The molecule has 3 heterocycles. The number of halogens is 1. The number of carbonyl (C=O) groups is 2. The summed E-state index contributed by atoms with van der Waals surface area (Å²) >= 11 is 3.33. The number of furan rings is 1. The Morgan fingerprint density at radius 3 is 2.69 bits per heavy atom. The Labute approximate surface area is 233 Å². The lowest BCUT2D eigenvalue weighted by Crippen LogP contribution is -2.22. The molecule has 5 aromatic rings. The van der Waals surface area contributed by atoms with Crippen LogP contribution in [0.3, 0.4) is 0 Å². The lowest BCUT2D eigenvalue weighted by Gasteiger charge is -2.13. The third-order valence-electron chi connectivity index (χ3n) is 7.14. The second-order valence-corrected chi connectivity index (χ2v) is 10.5. The van der Waals surface area contributed by atoms with E-state index in [9.17, 15) is 9.59 Å². The number of hydrazone groups is 1. The Balaban J connectivity index is 1.27. The fourth-order valence-corrected chi connectivity index (χ4v) is 5.74. The van der Waals surface area contributed by atoms with E-state index in [0.717, 1.165) is 34.8 Å². The summed E-state index contributed by atoms with van der Waals surface area (Å²) in [5.41, 5.74) is 8.22. The van der Waals surface area contributed by atoms with Crippen LogP contribution in [0, 0.1) is 6.92 Å². The van der Waals surface area contributed by atoms with Gasteiger partial charge in [0.05, 0.1) is 11.3 Å². The lowest BCUT2D eigenvalue weighted by molar-refractivity contribution is 0.0953. The van der Waals surface area contributed by atoms with Gasteiger partial charge in [0.1, 0.15) is 5.76 Å². The number of anilines is 1. The van der Waals surface area contributed by atoms with E-state index in [1.807, 2.05) is 37.3 Å². The SMILES string of the molecule is CCn1c2ccccc2c2cc(NC(=O)c3oc4c(c3C)/C(=N/NC(=O)c3cncc(Br)c3)CCC4)ccc21. The van der Waals surface area contributed by atoms with Crippen molar-refractivity contribution in [3.63, 3.8) is 0 Å². The van der Waals surface area contributed by atoms with Crippen LogP contribution < -0.4 is 10.7 Å². The quantitative estimate of drug-likeness (QED) is 0.228. The molecule has 0 atom stereocenters. The standard InChI is InChI=1S/C30H26BrN5O3/c1-3-36-24-9-5-4-7-21(24)22-14-20(11-12-25(22)36)33-30(38)28-17(2)27-23(8-6-10-26(27)39-28)34-35-29(37)18-13-19(31)16-32-15-18/h4-5,7,9,11-16H,3,6,8,10H2,1-2H3,(H,33,38)(H,35,37)/b34-23+. The van der Waals surface area contributed by atoms with Gasteiger partial charge >= 0.3 is 0 Å². The van der Waals surface area contributed by atoms with Crippen molar-refractivity contribution < 1.29 is 14.0 Å². The zero-order valence-electron chi connectivity index (χ0n) is 21.5. The molecule has 0 radical (unpaired) electrons. The first-order valence-corrected chi connectivity index (χ1v) is 13.7. The largest absolute Gasteiger partial charge is 0.455 e. The molecule has 0 saturated carbocycles. The molecule has 0 unspecified atom stereocenters. The van der Waals surface area contributed by atoms with Crippen molar-refractivity contribution in [3.05, 3.63) is 93.6 Å². The predicted octanol–water partition coefficient (Wildman–Crippen LogP) is 6.60. The Hall–Kier alpha value is -4.24. The van der Waals surface area contributed by atoms with Crippen LogP contribution >= 0.6 is 15.9 Å². The van der Waals surface area contributed by atoms with E-state index < -0.39 is 0 Å². The maximum atomic E-state index is 13.4. The Bertz CT molecular complexity index is 1800. The van der Waals surface area contributed by atoms with Gasteiger partial charge in [-0.2, -0.15) is 5.10 Å². The first kappa shape index (κ1) is 25.1. The Morgan fingerprint density at radius 1 is 1.05 bits per heavy atom. The van der Waals surface area contributed by atoms with Gasteiger partial charge in [0.15, 0.2) is 5.76 Å². The van der Waals surface area contributed by atoms with E-state index >= 15 is 0 Å². The van der Waals surface area contributed by atoms with Crippen molar-refractivity contribution in [1.29, 1.82) is 0 Å². The number of rotatable bonds is 5. The molecule has 196 valence electrons. The molecule has 0 aliphatic heterocycles. The second-order valence-electron chi connectivity index (χ2n) is 9.55. The highest BCUT2D eigenvalue weighted by Crippen LogP contribution is 2.33. The number of nitrogens with zero attached hydrogens (tertiary/aromatic N) is 3. The molecule has 0 saturated heterocycles. The summed E-state index contributed by atoms with van der Waals surface area (Å²) in [5, 5.41) is 9.66. The van der Waals surface area contributed by atoms with Crippen LogP contribution in [0.15, 0.2) is 74.9 Å². The smallest absolute Gasteiger partial charge is 0.291 e. The number of amides is 2. The van der Waals surface area contributed by atoms with E-state index in [1.165, 1.54) is 11.7 Å². The number of fused-ring (bicyclic) bond motifs is 4. The van der Waals surface area contributed by atoms with Crippen molar-refractivity contribution in [3.8, 4) is 0 Å². The number of hydrogen-bond acceptors (Lipinski definition) is 5. The third-order valence-corrected chi connectivity index (χ3v) is 7.57. The van der Waals surface area contributed by atoms with Gasteiger partial charge < -0.3 is 14.3 Å². The van der Waals surface area contributed by atoms with Crippen molar-refractivity contribution in [2.24, 2.45) is 5.10 Å². The second kappa shape index (κ2) is 10.1. The number of carbonyl (C=O) groups excluding carboxylic acids is 2. The van der Waals surface area contributed by atoms with E-state index in [1.54, 1.807) is 12.3 Å². The minimum Gasteiger partial charge on any atom is -0.455 e. The van der Waals surface area contributed by atoms with Crippen molar-refractivity contribution in [2.45, 2.75) is 39.7 Å². The molecule has 2 aromatic carbocycles. The molecular formula is C30H26BrN5O3. The van der Waals surface area contributed by atoms with Gasteiger partial charge in [0.25, 0.3) is 11.8 Å². The van der Waals surface area contributed by atoms with E-state index in [-0.39, 0.29) is 17.6 Å². The van der Waals surface area contributed by atoms with Gasteiger partial charge in [0, 0.05) is 68.5 Å². The fraction of sp³-hybridized carbons (Fsp3) is 0.200. The molecule has 39 heavy (non-hydrogen) atoms.